The summed E-state index contributed by atoms with van der Waals surface area (Å²) in [4.78, 5) is 4.93. The molecule has 18 heavy (non-hydrogen) atoms. The third kappa shape index (κ3) is 2.05. The van der Waals surface area contributed by atoms with Gasteiger partial charge in [0.05, 0.1) is 0 Å². The van der Waals surface area contributed by atoms with Gasteiger partial charge in [0.1, 0.15) is 0 Å². The van der Waals surface area contributed by atoms with Gasteiger partial charge in [-0.25, -0.2) is 0 Å². The standard InChI is InChI=1S/C16H22N2/c1-17(2)14-9-11-18(12-10-14)16-8-4-6-13-5-3-7-15(13)16/h3-4,6-8,14H,5,9-12H2,1-2H3. The van der Waals surface area contributed by atoms with E-state index in [1.54, 1.807) is 0 Å². The highest BCUT2D eigenvalue weighted by molar-refractivity contribution is 5.74. The first-order valence-corrected chi connectivity index (χ1v) is 6.95. The molecule has 2 nitrogen and oxygen atoms in total. The van der Waals surface area contributed by atoms with E-state index in [1.807, 2.05) is 0 Å². The van der Waals surface area contributed by atoms with Gasteiger partial charge in [-0.3, -0.25) is 0 Å². The number of hydrogen-bond donors (Lipinski definition) is 0. The van der Waals surface area contributed by atoms with Crippen molar-refractivity contribution >= 4 is 11.8 Å². The second-order valence-corrected chi connectivity index (χ2v) is 5.64. The predicted octanol–water partition coefficient (Wildman–Crippen LogP) is 2.79. The normalized spacial score (nSPS) is 19.6. The van der Waals surface area contributed by atoms with Crippen molar-refractivity contribution in [2.75, 3.05) is 32.1 Å². The smallest absolute Gasteiger partial charge is 0.0442 e. The van der Waals surface area contributed by atoms with Crippen LogP contribution in [0, 0.1) is 0 Å². The minimum atomic E-state index is 0.758. The summed E-state index contributed by atoms with van der Waals surface area (Å²) in [5.74, 6) is 0. The molecule has 0 atom stereocenters. The number of rotatable bonds is 2. The Labute approximate surface area is 110 Å². The van der Waals surface area contributed by atoms with E-state index in [4.69, 9.17) is 0 Å². The van der Waals surface area contributed by atoms with Crippen molar-refractivity contribution in [1.82, 2.24) is 4.90 Å². The van der Waals surface area contributed by atoms with Crippen LogP contribution in [0.4, 0.5) is 5.69 Å². The van der Waals surface area contributed by atoms with Crippen molar-refractivity contribution in [3.8, 4) is 0 Å². The summed E-state index contributed by atoms with van der Waals surface area (Å²) in [5, 5.41) is 0. The Balaban J connectivity index is 1.77. The lowest BCUT2D eigenvalue weighted by atomic mass is 10.0. The third-order valence-electron chi connectivity index (χ3n) is 4.33. The molecule has 1 aromatic rings. The van der Waals surface area contributed by atoms with Crippen LogP contribution in [0.5, 0.6) is 0 Å². The number of nitrogens with zero attached hydrogens (tertiary/aromatic N) is 2. The number of benzene rings is 1. The Bertz CT molecular complexity index is 454. The molecule has 96 valence electrons. The molecule has 1 aliphatic carbocycles. The summed E-state index contributed by atoms with van der Waals surface area (Å²) in [6.45, 7) is 2.38. The Morgan fingerprint density at radius 1 is 1.17 bits per heavy atom. The topological polar surface area (TPSA) is 6.48 Å². The molecular weight excluding hydrogens is 220 g/mol. The molecule has 2 aliphatic rings. The first kappa shape index (κ1) is 11.8. The van der Waals surface area contributed by atoms with Crippen LogP contribution in [0.2, 0.25) is 0 Å². The highest BCUT2D eigenvalue weighted by Crippen LogP contribution is 2.31. The third-order valence-corrected chi connectivity index (χ3v) is 4.33. The summed E-state index contributed by atoms with van der Waals surface area (Å²) in [5.41, 5.74) is 4.39. The molecule has 3 rings (SSSR count). The summed E-state index contributed by atoms with van der Waals surface area (Å²) in [7, 11) is 4.40. The van der Waals surface area contributed by atoms with E-state index < -0.39 is 0 Å². The molecule has 1 fully saturated rings. The SMILES string of the molecule is CN(C)C1CCN(c2cccc3c2C=CC3)CC1. The van der Waals surface area contributed by atoms with Gasteiger partial charge in [-0.15, -0.1) is 0 Å². The monoisotopic (exact) mass is 242 g/mol. The molecule has 1 aromatic carbocycles. The largest absolute Gasteiger partial charge is 0.371 e. The van der Waals surface area contributed by atoms with E-state index in [0.29, 0.717) is 0 Å². The molecule has 0 amide bonds. The minimum Gasteiger partial charge on any atom is -0.371 e. The van der Waals surface area contributed by atoms with Crippen LogP contribution in [0.15, 0.2) is 24.3 Å². The molecule has 0 unspecified atom stereocenters. The van der Waals surface area contributed by atoms with Crippen LogP contribution in [0.25, 0.3) is 6.08 Å². The van der Waals surface area contributed by atoms with Gasteiger partial charge in [-0.1, -0.05) is 24.3 Å². The predicted molar refractivity (Wildman–Crippen MR) is 78.1 cm³/mol. The Morgan fingerprint density at radius 3 is 2.67 bits per heavy atom. The second-order valence-electron chi connectivity index (χ2n) is 5.64. The molecule has 0 saturated carbocycles. The number of fused-ring (bicyclic) bond motifs is 1. The highest BCUT2D eigenvalue weighted by Gasteiger charge is 2.22. The molecule has 1 saturated heterocycles. The minimum absolute atomic E-state index is 0.758. The van der Waals surface area contributed by atoms with Gasteiger partial charge in [-0.05, 0) is 45.0 Å². The maximum Gasteiger partial charge on any atom is 0.0442 e. The van der Waals surface area contributed by atoms with Crippen molar-refractivity contribution in [1.29, 1.82) is 0 Å². The molecule has 2 heteroatoms. The number of allylic oxidation sites excluding steroid dienone is 1. The molecular formula is C16H22N2. The van der Waals surface area contributed by atoms with Crippen LogP contribution >= 0.6 is 0 Å². The van der Waals surface area contributed by atoms with Crippen LogP contribution in [-0.4, -0.2) is 38.1 Å². The lowest BCUT2D eigenvalue weighted by Crippen LogP contribution is -2.42. The van der Waals surface area contributed by atoms with Crippen molar-refractivity contribution in [3.05, 3.63) is 35.4 Å². The zero-order chi connectivity index (χ0) is 12.5. The van der Waals surface area contributed by atoms with E-state index in [0.717, 1.165) is 12.5 Å². The van der Waals surface area contributed by atoms with Crippen molar-refractivity contribution in [2.45, 2.75) is 25.3 Å². The van der Waals surface area contributed by atoms with Gasteiger partial charge in [-0.2, -0.15) is 0 Å². The van der Waals surface area contributed by atoms with Gasteiger partial charge in [0.2, 0.25) is 0 Å². The van der Waals surface area contributed by atoms with Gasteiger partial charge < -0.3 is 9.80 Å². The van der Waals surface area contributed by atoms with E-state index in [1.165, 1.54) is 42.7 Å². The quantitative estimate of drug-likeness (QED) is 0.787. The zero-order valence-corrected chi connectivity index (χ0v) is 11.4. The Morgan fingerprint density at radius 2 is 1.94 bits per heavy atom. The lowest BCUT2D eigenvalue weighted by molar-refractivity contribution is 0.249. The van der Waals surface area contributed by atoms with Gasteiger partial charge >= 0.3 is 0 Å². The summed E-state index contributed by atoms with van der Waals surface area (Å²) in [6, 6.07) is 7.50. The first-order valence-electron chi connectivity index (χ1n) is 6.95. The fourth-order valence-electron chi connectivity index (χ4n) is 3.17. The highest BCUT2D eigenvalue weighted by atomic mass is 15.2. The molecule has 0 radical (unpaired) electrons. The van der Waals surface area contributed by atoms with E-state index >= 15 is 0 Å². The fraction of sp³-hybridized carbons (Fsp3) is 0.500. The molecule has 0 spiro atoms. The second kappa shape index (κ2) is 4.77. The van der Waals surface area contributed by atoms with Crippen molar-refractivity contribution in [2.24, 2.45) is 0 Å². The maximum atomic E-state index is 2.56. The van der Waals surface area contributed by atoms with E-state index in [-0.39, 0.29) is 0 Å². The molecule has 0 bridgehead atoms. The molecule has 1 heterocycles. The number of hydrogen-bond acceptors (Lipinski definition) is 2. The zero-order valence-electron chi connectivity index (χ0n) is 11.4. The van der Waals surface area contributed by atoms with Crippen LogP contribution in [0.1, 0.15) is 24.0 Å². The first-order chi connectivity index (χ1) is 8.75. The number of piperidine rings is 1. The molecule has 1 aliphatic heterocycles. The number of anilines is 1. The Kier molecular flexibility index (Phi) is 3.13. The van der Waals surface area contributed by atoms with E-state index in [2.05, 4.69) is 54.2 Å². The van der Waals surface area contributed by atoms with Crippen molar-refractivity contribution < 1.29 is 0 Å². The van der Waals surface area contributed by atoms with Gasteiger partial charge in [0.25, 0.3) is 0 Å². The molecule has 0 aromatic heterocycles. The van der Waals surface area contributed by atoms with Crippen LogP contribution in [0.3, 0.4) is 0 Å². The van der Waals surface area contributed by atoms with E-state index in [9.17, 15) is 0 Å². The molecule has 0 N–H and O–H groups in total. The van der Waals surface area contributed by atoms with Crippen molar-refractivity contribution in [3.63, 3.8) is 0 Å². The van der Waals surface area contributed by atoms with Gasteiger partial charge in [0, 0.05) is 30.4 Å². The van der Waals surface area contributed by atoms with Crippen LogP contribution in [-0.2, 0) is 6.42 Å². The lowest BCUT2D eigenvalue weighted by Gasteiger charge is -2.37. The summed E-state index contributed by atoms with van der Waals surface area (Å²) >= 11 is 0. The average molecular weight is 242 g/mol. The maximum absolute atomic E-state index is 2.56. The van der Waals surface area contributed by atoms with Gasteiger partial charge in [0.15, 0.2) is 0 Å². The average Bonchev–Trinajstić information content (AvgIpc) is 2.87. The fourth-order valence-corrected chi connectivity index (χ4v) is 3.17. The Hall–Kier alpha value is -1.28. The summed E-state index contributed by atoms with van der Waals surface area (Å²) < 4.78 is 0. The summed E-state index contributed by atoms with van der Waals surface area (Å²) in [6.07, 6.45) is 8.24. The van der Waals surface area contributed by atoms with Crippen LogP contribution < -0.4 is 4.90 Å².